The first-order valence-electron chi connectivity index (χ1n) is 9.33. The topological polar surface area (TPSA) is 139 Å². The van der Waals surface area contributed by atoms with Gasteiger partial charge in [-0.25, -0.2) is 9.59 Å². The number of benzene rings is 1. The fraction of sp³-hybridized carbons (Fsp3) is 0.579. The number of carboxylic acid groups (broad SMARTS) is 2. The Kier molecular flexibility index (Phi) is 5.71. The predicted octanol–water partition coefficient (Wildman–Crippen LogP) is 3.00. The summed E-state index contributed by atoms with van der Waals surface area (Å²) in [7, 11) is 1.61. The molecule has 0 atom stereocenters. The maximum absolute atomic E-state index is 11.0. The van der Waals surface area contributed by atoms with Gasteiger partial charge in [0, 0.05) is 18.2 Å². The van der Waals surface area contributed by atoms with Crippen LogP contribution >= 0.6 is 0 Å². The van der Waals surface area contributed by atoms with Crippen LogP contribution in [0.25, 0.3) is 0 Å². The smallest absolute Gasteiger partial charge is 0.414 e. The third-order valence-electron chi connectivity index (χ3n) is 6.13. The number of ether oxygens (including phenoxy) is 1. The van der Waals surface area contributed by atoms with Crippen LogP contribution in [0, 0.1) is 33.8 Å². The number of nitrogens with zero attached hydrogens (tertiary/aromatic N) is 1. The van der Waals surface area contributed by atoms with Crippen molar-refractivity contribution in [2.45, 2.75) is 38.1 Å². The average molecular weight is 392 g/mol. The van der Waals surface area contributed by atoms with Gasteiger partial charge in [0.15, 0.2) is 0 Å². The Morgan fingerprint density at radius 3 is 2.04 bits per heavy atom. The number of hydrogen-bond donors (Lipinski definition) is 3. The molecular weight excluding hydrogens is 368 g/mol. The minimum atomic E-state index is -1.82. The van der Waals surface area contributed by atoms with Gasteiger partial charge in [0.2, 0.25) is 0 Å². The molecule has 0 heterocycles. The van der Waals surface area contributed by atoms with E-state index >= 15 is 0 Å². The van der Waals surface area contributed by atoms with Gasteiger partial charge in [-0.05, 0) is 61.8 Å². The highest BCUT2D eigenvalue weighted by Crippen LogP contribution is 2.54. The molecule has 4 fully saturated rings. The van der Waals surface area contributed by atoms with Gasteiger partial charge >= 0.3 is 11.9 Å². The molecule has 0 spiro atoms. The summed E-state index contributed by atoms with van der Waals surface area (Å²) in [5.74, 6) is 0.338. The van der Waals surface area contributed by atoms with E-state index in [-0.39, 0.29) is 10.6 Å². The van der Waals surface area contributed by atoms with E-state index < -0.39 is 11.9 Å². The third kappa shape index (κ3) is 4.18. The summed E-state index contributed by atoms with van der Waals surface area (Å²) in [6.07, 6.45) is 6.72. The molecule has 4 aliphatic carbocycles. The van der Waals surface area contributed by atoms with Crippen LogP contribution in [-0.2, 0) is 9.59 Å². The predicted molar refractivity (Wildman–Crippen MR) is 99.4 cm³/mol. The first-order valence-corrected chi connectivity index (χ1v) is 9.33. The highest BCUT2D eigenvalue weighted by Gasteiger charge is 2.48. The minimum absolute atomic E-state index is 0.118. The number of methoxy groups -OCH3 is 1. The van der Waals surface area contributed by atoms with Crippen molar-refractivity contribution in [1.82, 2.24) is 0 Å². The van der Waals surface area contributed by atoms with Crippen molar-refractivity contribution in [3.8, 4) is 5.75 Å². The molecule has 0 aliphatic heterocycles. The lowest BCUT2D eigenvalue weighted by Crippen LogP contribution is -2.51. The second-order valence-electron chi connectivity index (χ2n) is 7.85. The monoisotopic (exact) mass is 392 g/mol. The highest BCUT2D eigenvalue weighted by molar-refractivity contribution is 6.27. The summed E-state index contributed by atoms with van der Waals surface area (Å²) in [5, 5.41) is 29.4. The van der Waals surface area contributed by atoms with Gasteiger partial charge in [0.25, 0.3) is 5.69 Å². The minimum Gasteiger partial charge on any atom is -0.495 e. The molecule has 0 radical (unpaired) electrons. The Labute approximate surface area is 161 Å². The second-order valence-corrected chi connectivity index (χ2v) is 7.85. The van der Waals surface area contributed by atoms with Crippen molar-refractivity contribution in [3.05, 3.63) is 28.3 Å². The van der Waals surface area contributed by atoms with Crippen LogP contribution in [0.15, 0.2) is 18.2 Å². The quantitative estimate of drug-likeness (QED) is 0.404. The van der Waals surface area contributed by atoms with Crippen molar-refractivity contribution in [2.24, 2.45) is 23.7 Å². The number of nitrogens with one attached hydrogen (secondary N) is 1. The van der Waals surface area contributed by atoms with Crippen molar-refractivity contribution in [2.75, 3.05) is 12.4 Å². The summed E-state index contributed by atoms with van der Waals surface area (Å²) in [5.41, 5.74) is 0.890. The van der Waals surface area contributed by atoms with E-state index in [4.69, 9.17) is 24.5 Å². The molecule has 9 nitrogen and oxygen atoms in total. The number of aliphatic carboxylic acids is 2. The Bertz CT molecular complexity index is 740. The number of carboxylic acids is 2. The Balaban J connectivity index is 0.000000330. The normalized spacial score (nSPS) is 29.4. The van der Waals surface area contributed by atoms with E-state index in [2.05, 4.69) is 5.32 Å². The molecule has 1 aromatic rings. The summed E-state index contributed by atoms with van der Waals surface area (Å²) in [6.45, 7) is 0. The maximum Gasteiger partial charge on any atom is 0.414 e. The zero-order valence-corrected chi connectivity index (χ0v) is 15.5. The number of nitro benzene ring substituents is 1. The molecule has 28 heavy (non-hydrogen) atoms. The number of anilines is 1. The molecular formula is C19H24N2O7. The zero-order valence-electron chi connectivity index (χ0n) is 15.5. The molecule has 0 saturated heterocycles. The molecule has 152 valence electrons. The second kappa shape index (κ2) is 8.04. The number of rotatable bonds is 4. The largest absolute Gasteiger partial charge is 0.495 e. The van der Waals surface area contributed by atoms with Gasteiger partial charge in [0.1, 0.15) is 5.75 Å². The van der Waals surface area contributed by atoms with Crippen molar-refractivity contribution in [3.63, 3.8) is 0 Å². The molecule has 4 saturated carbocycles. The molecule has 0 amide bonds. The lowest BCUT2D eigenvalue weighted by atomic mass is 9.54. The van der Waals surface area contributed by atoms with Crippen molar-refractivity contribution >= 4 is 23.3 Å². The lowest BCUT2D eigenvalue weighted by molar-refractivity contribution is -0.384. The number of nitro groups is 1. The van der Waals surface area contributed by atoms with Gasteiger partial charge in [-0.1, -0.05) is 0 Å². The van der Waals surface area contributed by atoms with Crippen LogP contribution in [0.4, 0.5) is 11.4 Å². The van der Waals surface area contributed by atoms with E-state index in [0.717, 1.165) is 29.4 Å². The molecule has 3 N–H and O–H groups in total. The van der Waals surface area contributed by atoms with Crippen LogP contribution < -0.4 is 10.1 Å². The number of carbonyl (C=O) groups is 2. The molecule has 4 aliphatic rings. The van der Waals surface area contributed by atoms with Gasteiger partial charge in [-0.2, -0.15) is 0 Å². The Hall–Kier alpha value is -2.84. The summed E-state index contributed by atoms with van der Waals surface area (Å²) in [6, 6.07) is 5.25. The van der Waals surface area contributed by atoms with E-state index in [1.807, 2.05) is 0 Å². The summed E-state index contributed by atoms with van der Waals surface area (Å²) in [4.78, 5) is 28.9. The van der Waals surface area contributed by atoms with Crippen LogP contribution in [-0.4, -0.2) is 40.2 Å². The van der Waals surface area contributed by atoms with E-state index in [9.17, 15) is 10.1 Å². The first-order chi connectivity index (χ1) is 13.3. The molecule has 0 aromatic heterocycles. The first kappa shape index (κ1) is 19.9. The fourth-order valence-corrected chi connectivity index (χ4v) is 5.26. The van der Waals surface area contributed by atoms with Gasteiger partial charge in [-0.15, -0.1) is 0 Å². The van der Waals surface area contributed by atoms with Crippen LogP contribution in [0.3, 0.4) is 0 Å². The van der Waals surface area contributed by atoms with E-state index in [0.29, 0.717) is 11.8 Å². The van der Waals surface area contributed by atoms with Crippen molar-refractivity contribution < 1.29 is 29.5 Å². The van der Waals surface area contributed by atoms with Crippen molar-refractivity contribution in [1.29, 1.82) is 0 Å². The average Bonchev–Trinajstić information content (AvgIpc) is 2.64. The van der Waals surface area contributed by atoms with E-state index in [1.54, 1.807) is 19.2 Å². The van der Waals surface area contributed by atoms with Gasteiger partial charge in [0.05, 0.1) is 17.7 Å². The fourth-order valence-electron chi connectivity index (χ4n) is 5.26. The van der Waals surface area contributed by atoms with Gasteiger partial charge < -0.3 is 20.3 Å². The van der Waals surface area contributed by atoms with Gasteiger partial charge in [-0.3, -0.25) is 10.1 Å². The van der Waals surface area contributed by atoms with Crippen LogP contribution in [0.1, 0.15) is 32.1 Å². The SMILES string of the molecule is COc1ccc([N+](=O)[O-])cc1NC1C2CC3CC(C2)CC1C3.O=C(O)C(=O)O. The highest BCUT2D eigenvalue weighted by atomic mass is 16.6. The zero-order chi connectivity index (χ0) is 20.4. The summed E-state index contributed by atoms with van der Waals surface area (Å²) >= 11 is 0. The molecule has 9 heteroatoms. The Morgan fingerprint density at radius 1 is 1.07 bits per heavy atom. The molecule has 0 unspecified atom stereocenters. The van der Waals surface area contributed by atoms with Crippen LogP contribution in [0.5, 0.6) is 5.75 Å². The lowest BCUT2D eigenvalue weighted by Gasteiger charge is -2.54. The van der Waals surface area contributed by atoms with E-state index in [1.165, 1.54) is 38.2 Å². The standard InChI is InChI=1S/C17H22N2O3.C2H2O4/c1-22-16-3-2-14(19(20)21)9-15(16)18-17-12-5-10-4-11(7-12)8-13(17)6-10;3-1(4)2(5)6/h2-3,9-13,17-18H,4-8H2,1H3;(H,3,4)(H,5,6). The number of non-ortho nitro benzene ring substituents is 1. The summed E-state index contributed by atoms with van der Waals surface area (Å²) < 4.78 is 5.39. The third-order valence-corrected chi connectivity index (χ3v) is 6.13. The maximum atomic E-state index is 11.0. The molecule has 1 aromatic carbocycles. The Morgan fingerprint density at radius 2 is 1.61 bits per heavy atom. The van der Waals surface area contributed by atoms with Crippen LogP contribution in [0.2, 0.25) is 0 Å². The molecule has 5 rings (SSSR count). The number of hydrogen-bond acceptors (Lipinski definition) is 6. The molecule has 4 bridgehead atoms.